The average molecular weight is 552 g/mol. The van der Waals surface area contributed by atoms with Crippen molar-refractivity contribution in [3.63, 3.8) is 0 Å². The second-order valence-electron chi connectivity index (χ2n) is 9.46. The zero-order valence-corrected chi connectivity index (χ0v) is 22.8. The first-order valence-electron chi connectivity index (χ1n) is 11.8. The van der Waals surface area contributed by atoms with E-state index in [1.807, 2.05) is 24.3 Å². The summed E-state index contributed by atoms with van der Waals surface area (Å²) in [7, 11) is -0.922. The molecule has 5 rings (SSSR count). The Bertz CT molecular complexity index is 1860. The van der Waals surface area contributed by atoms with Crippen molar-refractivity contribution in [1.29, 1.82) is 0 Å². The molecule has 8 nitrogen and oxygen atoms in total. The van der Waals surface area contributed by atoms with Crippen LogP contribution in [0.3, 0.4) is 0 Å². The van der Waals surface area contributed by atoms with Gasteiger partial charge in [0.1, 0.15) is 16.0 Å². The minimum atomic E-state index is -4.18. The van der Waals surface area contributed by atoms with Gasteiger partial charge in [0.2, 0.25) is 10.0 Å². The van der Waals surface area contributed by atoms with Crippen molar-refractivity contribution in [3.8, 4) is 16.9 Å². The molecule has 1 N–H and O–H groups in total. The zero-order valence-electron chi connectivity index (χ0n) is 21.2. The van der Waals surface area contributed by atoms with Gasteiger partial charge in [-0.2, -0.15) is 0 Å². The minimum Gasteiger partial charge on any atom is -0.497 e. The molecule has 0 aliphatic heterocycles. The number of aromatic nitrogens is 3. The summed E-state index contributed by atoms with van der Waals surface area (Å²) >= 11 is 6.87. The molecule has 0 amide bonds. The number of aromatic amines is 1. The topological polar surface area (TPSA) is 103 Å². The molecule has 0 saturated heterocycles. The number of methoxy groups -OCH3 is 1. The van der Waals surface area contributed by atoms with Gasteiger partial charge in [-0.15, -0.1) is 11.6 Å². The van der Waals surface area contributed by atoms with Crippen LogP contribution < -0.4 is 15.9 Å². The Hall–Kier alpha value is -3.82. The molecular formula is C28H26ClN3O5S. The van der Waals surface area contributed by atoms with Gasteiger partial charge in [0.25, 0.3) is 11.1 Å². The largest absolute Gasteiger partial charge is 0.497 e. The number of allylic oxidation sites excluding steroid dienone is 3. The first-order valence-corrected chi connectivity index (χ1v) is 13.7. The van der Waals surface area contributed by atoms with E-state index >= 15 is 0 Å². The molecule has 3 heterocycles. The normalized spacial score (nSPS) is 19.8. The smallest absolute Gasteiger partial charge is 0.273 e. The van der Waals surface area contributed by atoms with Crippen molar-refractivity contribution in [2.45, 2.75) is 24.0 Å². The summed E-state index contributed by atoms with van der Waals surface area (Å²) in [5.74, 6) is 0.700. The molecule has 0 radical (unpaired) electrons. The van der Waals surface area contributed by atoms with E-state index in [2.05, 4.69) is 4.98 Å². The molecule has 0 bridgehead atoms. The lowest BCUT2D eigenvalue weighted by atomic mass is 9.85. The second-order valence-corrected chi connectivity index (χ2v) is 12.1. The van der Waals surface area contributed by atoms with Crippen molar-refractivity contribution < 1.29 is 13.2 Å². The van der Waals surface area contributed by atoms with E-state index in [4.69, 9.17) is 16.3 Å². The van der Waals surface area contributed by atoms with E-state index in [0.717, 1.165) is 15.1 Å². The number of H-pyrrole nitrogens is 1. The Balaban J connectivity index is 1.65. The van der Waals surface area contributed by atoms with Crippen molar-refractivity contribution >= 4 is 38.1 Å². The lowest BCUT2D eigenvalue weighted by molar-refractivity contribution is 0.415. The van der Waals surface area contributed by atoms with E-state index in [-0.39, 0.29) is 11.1 Å². The number of nitrogens with zero attached hydrogens (tertiary/aromatic N) is 2. The first-order chi connectivity index (χ1) is 18.0. The minimum absolute atomic E-state index is 0.0357. The van der Waals surface area contributed by atoms with Crippen LogP contribution in [0.5, 0.6) is 5.75 Å². The van der Waals surface area contributed by atoms with E-state index < -0.39 is 25.7 Å². The summed E-state index contributed by atoms with van der Waals surface area (Å²) in [6.07, 6.45) is 7.99. The third kappa shape index (κ3) is 3.85. The molecule has 196 valence electrons. The van der Waals surface area contributed by atoms with Gasteiger partial charge in [-0.05, 0) is 60.4 Å². The molecule has 0 saturated carbocycles. The quantitative estimate of drug-likeness (QED) is 0.373. The Labute approximate surface area is 224 Å². The zero-order chi connectivity index (χ0) is 27.4. The van der Waals surface area contributed by atoms with Crippen LogP contribution in [0, 0.1) is 0 Å². The number of pyridine rings is 2. The molecule has 3 aromatic heterocycles. The van der Waals surface area contributed by atoms with Gasteiger partial charge in [-0.1, -0.05) is 24.3 Å². The summed E-state index contributed by atoms with van der Waals surface area (Å²) in [5, 5.41) is -0.495. The number of benzene rings is 1. The molecule has 2 unspecified atom stereocenters. The summed E-state index contributed by atoms with van der Waals surface area (Å²) in [6.45, 7) is 3.25. The summed E-state index contributed by atoms with van der Waals surface area (Å²) in [5.41, 5.74) is 2.69. The highest BCUT2D eigenvalue weighted by molar-refractivity contribution is 7.91. The molecule has 2 atom stereocenters. The molecular weight excluding hydrogens is 526 g/mol. The SMILES string of the molecule is COc1ccc(-c2cn(C)c(=O)cc2C2=CC(Cl)C(C)(S(=O)(=O)n3ccc4cc[nH]c(=O)c43)C(C)=C2)cc1. The van der Waals surface area contributed by atoms with Crippen LogP contribution in [0.15, 0.2) is 88.4 Å². The fourth-order valence-corrected chi connectivity index (χ4v) is 7.34. The van der Waals surface area contributed by atoms with Crippen molar-refractivity contribution in [1.82, 2.24) is 13.5 Å². The van der Waals surface area contributed by atoms with Crippen LogP contribution >= 0.6 is 11.6 Å². The Morgan fingerprint density at radius 3 is 2.45 bits per heavy atom. The third-order valence-corrected chi connectivity index (χ3v) is 10.5. The van der Waals surface area contributed by atoms with Gasteiger partial charge < -0.3 is 14.3 Å². The van der Waals surface area contributed by atoms with Gasteiger partial charge in [-0.25, -0.2) is 12.4 Å². The third-order valence-electron chi connectivity index (χ3n) is 7.32. The van der Waals surface area contributed by atoms with Crippen LogP contribution in [0.25, 0.3) is 27.6 Å². The highest BCUT2D eigenvalue weighted by atomic mass is 35.5. The number of nitrogens with one attached hydrogen (secondary N) is 1. The molecule has 1 aromatic carbocycles. The van der Waals surface area contributed by atoms with Crippen LogP contribution in [-0.4, -0.2) is 39.2 Å². The monoisotopic (exact) mass is 551 g/mol. The Kier molecular flexibility index (Phi) is 6.24. The molecule has 1 aliphatic carbocycles. The maximum absolute atomic E-state index is 14.0. The predicted molar refractivity (Wildman–Crippen MR) is 150 cm³/mol. The number of fused-ring (bicyclic) bond motifs is 1. The molecule has 0 spiro atoms. The van der Waals surface area contributed by atoms with Gasteiger partial charge in [-0.3, -0.25) is 9.59 Å². The standard InChI is InChI=1S/C28H26ClN3O5S/c1-17-13-20(22-15-25(33)31(3)16-23(22)18-5-7-21(37-4)8-6-18)14-24(29)28(17,2)38(35,36)32-12-10-19-9-11-30-27(34)26(19)32/h5-16,24H,1-4H3,(H,30,34). The number of halogens is 1. The van der Waals surface area contributed by atoms with E-state index in [1.165, 1.54) is 23.0 Å². The van der Waals surface area contributed by atoms with Gasteiger partial charge in [0.05, 0.1) is 12.5 Å². The van der Waals surface area contributed by atoms with Crippen LogP contribution in [0.1, 0.15) is 19.4 Å². The number of rotatable bonds is 5. The Morgan fingerprint density at radius 2 is 1.79 bits per heavy atom. The molecule has 4 aromatic rings. The number of alkyl halides is 1. The molecule has 38 heavy (non-hydrogen) atoms. The fraction of sp³-hybridized carbons (Fsp3) is 0.214. The summed E-state index contributed by atoms with van der Waals surface area (Å²) in [6, 6.07) is 12.2. The van der Waals surface area contributed by atoms with Crippen LogP contribution in [-0.2, 0) is 17.1 Å². The number of ether oxygens (including phenoxy) is 1. The van der Waals surface area contributed by atoms with Crippen molar-refractivity contribution in [2.24, 2.45) is 7.05 Å². The highest BCUT2D eigenvalue weighted by Gasteiger charge is 2.49. The predicted octanol–water partition coefficient (Wildman–Crippen LogP) is 4.29. The van der Waals surface area contributed by atoms with Crippen LogP contribution in [0.2, 0.25) is 0 Å². The second kappa shape index (κ2) is 9.18. The van der Waals surface area contributed by atoms with Gasteiger partial charge in [0.15, 0.2) is 0 Å². The van der Waals surface area contributed by atoms with Crippen molar-refractivity contribution in [3.05, 3.63) is 105 Å². The molecule has 0 fully saturated rings. The van der Waals surface area contributed by atoms with Crippen molar-refractivity contribution in [2.75, 3.05) is 7.11 Å². The Morgan fingerprint density at radius 1 is 1.08 bits per heavy atom. The molecule has 10 heteroatoms. The number of hydrogen-bond donors (Lipinski definition) is 1. The fourth-order valence-electron chi connectivity index (χ4n) is 4.82. The van der Waals surface area contributed by atoms with Gasteiger partial charge >= 0.3 is 0 Å². The molecule has 1 aliphatic rings. The van der Waals surface area contributed by atoms with E-state index in [1.54, 1.807) is 58.5 Å². The maximum Gasteiger partial charge on any atom is 0.273 e. The summed E-state index contributed by atoms with van der Waals surface area (Å²) in [4.78, 5) is 27.7. The first kappa shape index (κ1) is 25.8. The average Bonchev–Trinajstić information content (AvgIpc) is 3.35. The lowest BCUT2D eigenvalue weighted by Gasteiger charge is -2.37. The highest BCUT2D eigenvalue weighted by Crippen LogP contribution is 2.43. The van der Waals surface area contributed by atoms with Crippen LogP contribution in [0.4, 0.5) is 0 Å². The lowest BCUT2D eigenvalue weighted by Crippen LogP contribution is -2.48. The van der Waals surface area contributed by atoms with E-state index in [0.29, 0.717) is 27.8 Å². The van der Waals surface area contributed by atoms with Gasteiger partial charge in [0, 0.05) is 42.7 Å². The van der Waals surface area contributed by atoms with E-state index in [9.17, 15) is 18.0 Å². The maximum atomic E-state index is 14.0. The number of aryl methyl sites for hydroxylation is 1. The summed E-state index contributed by atoms with van der Waals surface area (Å²) < 4.78 is 34.3. The number of hydrogen-bond acceptors (Lipinski definition) is 5.